The molecule has 0 saturated heterocycles. The Labute approximate surface area is 111 Å². The molecule has 1 fully saturated rings. The van der Waals surface area contributed by atoms with Gasteiger partial charge < -0.3 is 4.90 Å². The van der Waals surface area contributed by atoms with E-state index in [1.807, 2.05) is 12.4 Å². The topological polar surface area (TPSA) is 29.0 Å². The molecule has 16 heavy (non-hydrogen) atoms. The van der Waals surface area contributed by atoms with Gasteiger partial charge in [0.25, 0.3) is 0 Å². The van der Waals surface area contributed by atoms with Crippen molar-refractivity contribution in [3.05, 3.63) is 16.0 Å². The monoisotopic (exact) mass is 331 g/mol. The minimum Gasteiger partial charge on any atom is -0.344 e. The fourth-order valence-corrected chi connectivity index (χ4v) is 2.62. The summed E-state index contributed by atoms with van der Waals surface area (Å²) in [5, 5.41) is 0. The number of hydrogen-bond donors (Lipinski definition) is 0. The normalized spacial score (nSPS) is 17.4. The van der Waals surface area contributed by atoms with Crippen LogP contribution in [-0.2, 0) is 0 Å². The molecule has 0 bridgehead atoms. The third kappa shape index (κ3) is 3.30. The lowest BCUT2D eigenvalue weighted by atomic mass is 9.89. The van der Waals surface area contributed by atoms with E-state index >= 15 is 0 Å². The summed E-state index contributed by atoms with van der Waals surface area (Å²) in [6, 6.07) is 0. The van der Waals surface area contributed by atoms with Crippen LogP contribution < -0.4 is 4.90 Å². The maximum atomic E-state index is 4.35. The number of nitrogens with zero attached hydrogens (tertiary/aromatic N) is 3. The van der Waals surface area contributed by atoms with Gasteiger partial charge in [-0.15, -0.1) is 0 Å². The Morgan fingerprint density at radius 3 is 2.50 bits per heavy atom. The SMILES string of the molecule is CN(CC1CCCCC1)c1ncc(I)cn1. The number of anilines is 1. The van der Waals surface area contributed by atoms with Crippen molar-refractivity contribution in [1.82, 2.24) is 9.97 Å². The van der Waals surface area contributed by atoms with E-state index in [2.05, 4.69) is 44.5 Å². The van der Waals surface area contributed by atoms with Crippen LogP contribution in [0.2, 0.25) is 0 Å². The maximum Gasteiger partial charge on any atom is 0.225 e. The molecule has 88 valence electrons. The van der Waals surface area contributed by atoms with Crippen molar-refractivity contribution in [1.29, 1.82) is 0 Å². The van der Waals surface area contributed by atoms with Gasteiger partial charge in [0, 0.05) is 29.6 Å². The second-order valence-corrected chi connectivity index (χ2v) is 5.83. The molecule has 1 saturated carbocycles. The van der Waals surface area contributed by atoms with E-state index < -0.39 is 0 Å². The summed E-state index contributed by atoms with van der Waals surface area (Å²) in [4.78, 5) is 10.9. The standard InChI is InChI=1S/C12H18IN3/c1-16(9-10-5-3-2-4-6-10)12-14-7-11(13)8-15-12/h7-8,10H,2-6,9H2,1H3. The van der Waals surface area contributed by atoms with Gasteiger partial charge in [0.05, 0.1) is 0 Å². The lowest BCUT2D eigenvalue weighted by Crippen LogP contribution is -2.28. The summed E-state index contributed by atoms with van der Waals surface area (Å²) < 4.78 is 1.09. The third-order valence-electron chi connectivity index (χ3n) is 3.20. The zero-order valence-corrected chi connectivity index (χ0v) is 11.9. The highest BCUT2D eigenvalue weighted by Gasteiger charge is 2.16. The molecule has 1 heterocycles. The molecule has 0 N–H and O–H groups in total. The molecule has 1 aromatic heterocycles. The lowest BCUT2D eigenvalue weighted by Gasteiger charge is -2.26. The van der Waals surface area contributed by atoms with E-state index in [1.54, 1.807) is 0 Å². The molecule has 1 aromatic rings. The highest BCUT2D eigenvalue weighted by atomic mass is 127. The first-order valence-corrected chi connectivity index (χ1v) is 7.02. The fourth-order valence-electron chi connectivity index (χ4n) is 2.34. The summed E-state index contributed by atoms with van der Waals surface area (Å²) in [7, 11) is 2.09. The van der Waals surface area contributed by atoms with Crippen molar-refractivity contribution < 1.29 is 0 Å². The van der Waals surface area contributed by atoms with Crippen LogP contribution in [0.1, 0.15) is 32.1 Å². The molecule has 0 spiro atoms. The molecule has 4 heteroatoms. The zero-order chi connectivity index (χ0) is 11.4. The van der Waals surface area contributed by atoms with E-state index in [1.165, 1.54) is 32.1 Å². The largest absolute Gasteiger partial charge is 0.344 e. The van der Waals surface area contributed by atoms with Gasteiger partial charge in [-0.1, -0.05) is 19.3 Å². The Balaban J connectivity index is 1.91. The van der Waals surface area contributed by atoms with Crippen LogP contribution in [0.3, 0.4) is 0 Å². The van der Waals surface area contributed by atoms with Gasteiger partial charge >= 0.3 is 0 Å². The van der Waals surface area contributed by atoms with Crippen LogP contribution >= 0.6 is 22.6 Å². The summed E-state index contributed by atoms with van der Waals surface area (Å²) >= 11 is 2.23. The Hall–Kier alpha value is -0.390. The second-order valence-electron chi connectivity index (χ2n) is 4.59. The number of aromatic nitrogens is 2. The average Bonchev–Trinajstić information content (AvgIpc) is 2.31. The average molecular weight is 331 g/mol. The van der Waals surface area contributed by atoms with Crippen molar-refractivity contribution in [2.75, 3.05) is 18.5 Å². The van der Waals surface area contributed by atoms with Gasteiger partial charge in [-0.05, 0) is 41.4 Å². The number of halogens is 1. The van der Waals surface area contributed by atoms with Crippen LogP contribution in [0, 0.1) is 9.49 Å². The lowest BCUT2D eigenvalue weighted by molar-refractivity contribution is 0.361. The first-order chi connectivity index (χ1) is 7.75. The summed E-state index contributed by atoms with van der Waals surface area (Å²) in [6.45, 7) is 1.10. The minimum atomic E-state index is 0.835. The molecule has 0 aliphatic heterocycles. The van der Waals surface area contributed by atoms with Crippen LogP contribution in [0.15, 0.2) is 12.4 Å². The van der Waals surface area contributed by atoms with Gasteiger partial charge in [0.15, 0.2) is 0 Å². The van der Waals surface area contributed by atoms with Crippen LogP contribution in [0.4, 0.5) is 5.95 Å². The molecule has 2 rings (SSSR count). The summed E-state index contributed by atoms with van der Waals surface area (Å²) in [6.07, 6.45) is 10.7. The van der Waals surface area contributed by atoms with Crippen LogP contribution in [-0.4, -0.2) is 23.6 Å². The van der Waals surface area contributed by atoms with Crippen molar-refractivity contribution in [2.24, 2.45) is 5.92 Å². The van der Waals surface area contributed by atoms with E-state index in [9.17, 15) is 0 Å². The highest BCUT2D eigenvalue weighted by Crippen LogP contribution is 2.24. The Kier molecular flexibility index (Phi) is 4.37. The first kappa shape index (κ1) is 12.1. The van der Waals surface area contributed by atoms with Crippen molar-refractivity contribution in [3.8, 4) is 0 Å². The van der Waals surface area contributed by atoms with E-state index in [0.29, 0.717) is 0 Å². The maximum absolute atomic E-state index is 4.35. The van der Waals surface area contributed by atoms with Gasteiger partial charge in [0.2, 0.25) is 5.95 Å². The molecule has 1 aliphatic rings. The van der Waals surface area contributed by atoms with Crippen molar-refractivity contribution >= 4 is 28.5 Å². The van der Waals surface area contributed by atoms with Crippen molar-refractivity contribution in [2.45, 2.75) is 32.1 Å². The molecule has 0 unspecified atom stereocenters. The van der Waals surface area contributed by atoms with E-state index in [-0.39, 0.29) is 0 Å². The smallest absolute Gasteiger partial charge is 0.225 e. The van der Waals surface area contributed by atoms with Crippen LogP contribution in [0.5, 0.6) is 0 Å². The molecular weight excluding hydrogens is 313 g/mol. The summed E-state index contributed by atoms with van der Waals surface area (Å²) in [5.74, 6) is 1.69. The summed E-state index contributed by atoms with van der Waals surface area (Å²) in [5.41, 5.74) is 0. The first-order valence-electron chi connectivity index (χ1n) is 5.94. The van der Waals surface area contributed by atoms with E-state index in [4.69, 9.17) is 0 Å². The molecule has 1 aliphatic carbocycles. The molecule has 0 atom stereocenters. The number of rotatable bonds is 3. The Bertz CT molecular complexity index is 320. The van der Waals surface area contributed by atoms with E-state index in [0.717, 1.165) is 22.0 Å². The van der Waals surface area contributed by atoms with Crippen LogP contribution in [0.25, 0.3) is 0 Å². The molecule has 0 amide bonds. The fraction of sp³-hybridized carbons (Fsp3) is 0.667. The quantitative estimate of drug-likeness (QED) is 0.797. The Morgan fingerprint density at radius 2 is 1.88 bits per heavy atom. The van der Waals surface area contributed by atoms with Gasteiger partial charge in [-0.3, -0.25) is 0 Å². The third-order valence-corrected chi connectivity index (χ3v) is 3.76. The highest BCUT2D eigenvalue weighted by molar-refractivity contribution is 14.1. The minimum absolute atomic E-state index is 0.835. The molecule has 0 aromatic carbocycles. The van der Waals surface area contributed by atoms with Gasteiger partial charge in [-0.25, -0.2) is 9.97 Å². The zero-order valence-electron chi connectivity index (χ0n) is 9.69. The second kappa shape index (κ2) is 5.80. The molecular formula is C12H18IN3. The Morgan fingerprint density at radius 1 is 1.25 bits per heavy atom. The van der Waals surface area contributed by atoms with Gasteiger partial charge in [0.1, 0.15) is 0 Å². The van der Waals surface area contributed by atoms with Crippen molar-refractivity contribution in [3.63, 3.8) is 0 Å². The molecule has 3 nitrogen and oxygen atoms in total. The van der Waals surface area contributed by atoms with Gasteiger partial charge in [-0.2, -0.15) is 0 Å². The number of hydrogen-bond acceptors (Lipinski definition) is 3. The predicted molar refractivity (Wildman–Crippen MR) is 74.6 cm³/mol. The molecule has 0 radical (unpaired) electrons. The predicted octanol–water partition coefficient (Wildman–Crippen LogP) is 3.10.